The summed E-state index contributed by atoms with van der Waals surface area (Å²) in [6, 6.07) is 32.7. The third-order valence-corrected chi connectivity index (χ3v) is 9.05. The van der Waals surface area contributed by atoms with Crippen LogP contribution in [0.25, 0.3) is 5.69 Å². The minimum absolute atomic E-state index is 0.0349. The minimum atomic E-state index is -0.0853. The average Bonchev–Trinajstić information content (AvgIpc) is 3.25. The van der Waals surface area contributed by atoms with Crippen LogP contribution in [0.5, 0.6) is 0 Å². The molecule has 1 aliphatic rings. The zero-order chi connectivity index (χ0) is 26.9. The Hall–Kier alpha value is -3.59. The molecule has 0 N–H and O–H groups in total. The van der Waals surface area contributed by atoms with Crippen molar-refractivity contribution in [1.29, 1.82) is 0 Å². The predicted molar refractivity (Wildman–Crippen MR) is 162 cm³/mol. The zero-order valence-electron chi connectivity index (χ0n) is 21.6. The lowest BCUT2D eigenvalue weighted by Crippen LogP contribution is -2.32. The Balaban J connectivity index is 1.37. The van der Waals surface area contributed by atoms with E-state index < -0.39 is 0 Å². The molecule has 5 nitrogen and oxygen atoms in total. The summed E-state index contributed by atoms with van der Waals surface area (Å²) in [6.45, 7) is 4.18. The summed E-state index contributed by atoms with van der Waals surface area (Å²) in [4.78, 5) is 19.0. The van der Waals surface area contributed by atoms with Gasteiger partial charge >= 0.3 is 0 Å². The molecular weight excluding hydrogens is 541 g/mol. The van der Waals surface area contributed by atoms with Crippen LogP contribution < -0.4 is 4.90 Å². The van der Waals surface area contributed by atoms with Gasteiger partial charge in [0.1, 0.15) is 12.4 Å². The lowest BCUT2D eigenvalue weighted by atomic mass is 10.2. The smallest absolute Gasteiger partial charge is 0.253 e. The number of thioether (sulfide) groups is 1. The van der Waals surface area contributed by atoms with Gasteiger partial charge < -0.3 is 0 Å². The van der Waals surface area contributed by atoms with Gasteiger partial charge in [-0.05, 0) is 80.2 Å². The summed E-state index contributed by atoms with van der Waals surface area (Å²) in [5.41, 5.74) is 5.07. The molecule has 4 aromatic carbocycles. The van der Waals surface area contributed by atoms with Crippen molar-refractivity contribution >= 4 is 53.0 Å². The molecular formula is C31H26N4OS3. The van der Waals surface area contributed by atoms with Crippen LogP contribution >= 0.6 is 35.7 Å². The second-order valence-electron chi connectivity index (χ2n) is 9.40. The van der Waals surface area contributed by atoms with Gasteiger partial charge in [0.05, 0.1) is 17.1 Å². The third kappa shape index (κ3) is 5.20. The van der Waals surface area contributed by atoms with Gasteiger partial charge in [0.2, 0.25) is 4.77 Å². The van der Waals surface area contributed by atoms with Gasteiger partial charge in [-0.15, -0.1) is 11.8 Å². The summed E-state index contributed by atoms with van der Waals surface area (Å²) in [5.74, 6) is 1.34. The van der Waals surface area contributed by atoms with Crippen LogP contribution in [0, 0.1) is 18.6 Å². The molecule has 8 heteroatoms. The molecule has 0 spiro atoms. The van der Waals surface area contributed by atoms with E-state index in [0.717, 1.165) is 43.1 Å². The number of aromatic nitrogens is 3. The Morgan fingerprint density at radius 2 is 1.51 bits per heavy atom. The molecule has 0 unspecified atom stereocenters. The molecule has 0 atom stereocenters. The number of benzene rings is 4. The topological polar surface area (TPSA) is 43.1 Å². The molecule has 0 radical (unpaired) electrons. The van der Waals surface area contributed by atoms with E-state index in [-0.39, 0.29) is 12.5 Å². The molecule has 39 heavy (non-hydrogen) atoms. The maximum Gasteiger partial charge on any atom is 0.253 e. The number of aryl methyl sites for hydroxylation is 2. The summed E-state index contributed by atoms with van der Waals surface area (Å²) >= 11 is 9.33. The van der Waals surface area contributed by atoms with Gasteiger partial charge in [0, 0.05) is 20.4 Å². The van der Waals surface area contributed by atoms with Gasteiger partial charge in [-0.1, -0.05) is 65.9 Å². The minimum Gasteiger partial charge on any atom is -0.277 e. The van der Waals surface area contributed by atoms with Crippen LogP contribution in [0.1, 0.15) is 17.0 Å². The largest absolute Gasteiger partial charge is 0.277 e. The molecule has 2 heterocycles. The SMILES string of the molecule is Cc1ccc(SCc2nn(CC(=O)N3c4ccccc4Sc4ccccc43)c(=S)n2-c2cccc(C)c2)cc1. The first-order chi connectivity index (χ1) is 19.0. The third-order valence-electron chi connectivity index (χ3n) is 6.52. The summed E-state index contributed by atoms with van der Waals surface area (Å²) < 4.78 is 4.16. The summed E-state index contributed by atoms with van der Waals surface area (Å²) in [7, 11) is 0. The molecule has 0 saturated carbocycles. The Morgan fingerprint density at radius 3 is 2.18 bits per heavy atom. The van der Waals surface area contributed by atoms with Crippen LogP contribution in [-0.2, 0) is 17.1 Å². The monoisotopic (exact) mass is 566 g/mol. The van der Waals surface area contributed by atoms with Crippen molar-refractivity contribution in [1.82, 2.24) is 14.3 Å². The fourth-order valence-electron chi connectivity index (χ4n) is 4.63. The number of para-hydroxylation sites is 2. The van der Waals surface area contributed by atoms with E-state index in [1.807, 2.05) is 53.1 Å². The van der Waals surface area contributed by atoms with Crippen molar-refractivity contribution < 1.29 is 4.79 Å². The number of hydrogen-bond donors (Lipinski definition) is 0. The van der Waals surface area contributed by atoms with E-state index in [9.17, 15) is 4.79 Å². The molecule has 194 valence electrons. The molecule has 0 fully saturated rings. The highest BCUT2D eigenvalue weighted by Crippen LogP contribution is 2.48. The van der Waals surface area contributed by atoms with Crippen LogP contribution in [0.15, 0.2) is 112 Å². The highest BCUT2D eigenvalue weighted by atomic mass is 32.2. The molecule has 1 amide bonds. The number of nitrogens with zero attached hydrogens (tertiary/aromatic N) is 4. The first-order valence-corrected chi connectivity index (χ1v) is 14.8. The maximum atomic E-state index is 14.0. The fourth-order valence-corrected chi connectivity index (χ4v) is 6.82. The van der Waals surface area contributed by atoms with Gasteiger partial charge in [-0.3, -0.25) is 14.3 Å². The second kappa shape index (κ2) is 10.9. The summed E-state index contributed by atoms with van der Waals surface area (Å²) in [5, 5.41) is 4.90. The first-order valence-electron chi connectivity index (χ1n) is 12.6. The number of rotatable bonds is 6. The predicted octanol–water partition coefficient (Wildman–Crippen LogP) is 8.14. The van der Waals surface area contributed by atoms with Crippen molar-refractivity contribution in [2.75, 3.05) is 4.90 Å². The fraction of sp³-hybridized carbons (Fsp3) is 0.129. The highest BCUT2D eigenvalue weighted by Gasteiger charge is 2.28. The van der Waals surface area contributed by atoms with Crippen LogP contribution in [0.4, 0.5) is 11.4 Å². The summed E-state index contributed by atoms with van der Waals surface area (Å²) in [6.07, 6.45) is 0. The highest BCUT2D eigenvalue weighted by molar-refractivity contribution is 7.99. The van der Waals surface area contributed by atoms with Crippen molar-refractivity contribution in [2.24, 2.45) is 0 Å². The van der Waals surface area contributed by atoms with E-state index in [1.54, 1.807) is 33.1 Å². The van der Waals surface area contributed by atoms with E-state index >= 15 is 0 Å². The number of carbonyl (C=O) groups excluding carboxylic acids is 1. The van der Waals surface area contributed by atoms with Crippen LogP contribution in [-0.4, -0.2) is 20.3 Å². The Kier molecular flexibility index (Phi) is 7.16. The van der Waals surface area contributed by atoms with Crippen molar-refractivity contribution in [2.45, 2.75) is 40.8 Å². The normalized spacial score (nSPS) is 12.2. The van der Waals surface area contributed by atoms with Crippen LogP contribution in [0.3, 0.4) is 0 Å². The second-order valence-corrected chi connectivity index (χ2v) is 11.9. The molecule has 0 saturated heterocycles. The molecule has 5 aromatic rings. The van der Waals surface area contributed by atoms with Crippen molar-refractivity contribution in [3.05, 3.63) is 119 Å². The Bertz CT molecular complexity index is 1690. The van der Waals surface area contributed by atoms with E-state index in [2.05, 4.69) is 62.4 Å². The zero-order valence-corrected chi connectivity index (χ0v) is 24.0. The van der Waals surface area contributed by atoms with Crippen molar-refractivity contribution in [3.63, 3.8) is 0 Å². The number of amides is 1. The van der Waals surface area contributed by atoms with Gasteiger partial charge in [-0.2, -0.15) is 5.10 Å². The molecule has 0 bridgehead atoms. The molecule has 6 rings (SSSR count). The maximum absolute atomic E-state index is 14.0. The number of carbonyl (C=O) groups is 1. The number of fused-ring (bicyclic) bond motifs is 2. The van der Waals surface area contributed by atoms with E-state index in [0.29, 0.717) is 10.5 Å². The molecule has 1 aliphatic heterocycles. The van der Waals surface area contributed by atoms with E-state index in [4.69, 9.17) is 17.3 Å². The van der Waals surface area contributed by atoms with Gasteiger partial charge in [-0.25, -0.2) is 4.68 Å². The quantitative estimate of drug-likeness (QED) is 0.153. The van der Waals surface area contributed by atoms with Gasteiger partial charge in [0.25, 0.3) is 5.91 Å². The number of anilines is 2. The Labute approximate surface area is 241 Å². The standard InChI is InChI=1S/C31H26N4OS3/c1-21-14-16-24(17-15-21)38-20-29-32-33(31(37)34(29)23-9-7-8-22(2)18-23)19-30(36)35-25-10-3-5-12-27(25)39-28-13-6-4-11-26(28)35/h3-18H,19-20H2,1-2H3. The Morgan fingerprint density at radius 1 is 0.846 bits per heavy atom. The van der Waals surface area contributed by atoms with E-state index in [1.165, 1.54) is 5.56 Å². The average molecular weight is 567 g/mol. The van der Waals surface area contributed by atoms with Crippen LogP contribution in [0.2, 0.25) is 0 Å². The number of hydrogen-bond acceptors (Lipinski definition) is 5. The van der Waals surface area contributed by atoms with Gasteiger partial charge in [0.15, 0.2) is 0 Å². The van der Waals surface area contributed by atoms with Crippen molar-refractivity contribution in [3.8, 4) is 5.69 Å². The lowest BCUT2D eigenvalue weighted by Gasteiger charge is -2.31. The first kappa shape index (κ1) is 25.7. The molecule has 0 aliphatic carbocycles. The lowest BCUT2D eigenvalue weighted by molar-refractivity contribution is -0.118. The molecule has 1 aromatic heterocycles.